The van der Waals surface area contributed by atoms with Gasteiger partial charge in [0.1, 0.15) is 0 Å². The molecule has 0 unspecified atom stereocenters. The van der Waals surface area contributed by atoms with Crippen molar-refractivity contribution in [3.63, 3.8) is 0 Å². The molecule has 8 heteroatoms. The molecule has 2 N–H and O–H groups in total. The Labute approximate surface area is 131 Å². The van der Waals surface area contributed by atoms with Gasteiger partial charge in [0.25, 0.3) is 6.47 Å². The SMILES string of the molecule is C.C.C.O.O=CO[O-].[B].[B]C.[H-].[Na+].[Na+]. The zero-order valence-corrected chi connectivity index (χ0v) is 10.5. The van der Waals surface area contributed by atoms with Crippen LogP contribution in [0, 0.1) is 0 Å². The molecule has 0 fully saturated rings. The molecule has 0 aliphatic heterocycles. The minimum absolute atomic E-state index is 0. The fourth-order valence-corrected chi connectivity index (χ4v) is 0. The van der Waals surface area contributed by atoms with Crippen molar-refractivity contribution in [3.05, 3.63) is 0 Å². The Morgan fingerprint density at radius 1 is 1.23 bits per heavy atom. The Balaban J connectivity index is -0.00000000192. The van der Waals surface area contributed by atoms with E-state index in [0.717, 1.165) is 0 Å². The second kappa shape index (κ2) is 171. The largest absolute Gasteiger partial charge is 1.00 e. The maximum Gasteiger partial charge on any atom is 1.00 e. The summed E-state index contributed by atoms with van der Waals surface area (Å²) in [6.45, 7) is 1.32. The molecule has 5 radical (unpaired) electrons. The summed E-state index contributed by atoms with van der Waals surface area (Å²) < 4.78 is 0. The van der Waals surface area contributed by atoms with Crippen LogP contribution in [0.4, 0.5) is 0 Å². The summed E-state index contributed by atoms with van der Waals surface area (Å²) >= 11 is 0. The molecule has 71 valence electrons. The van der Waals surface area contributed by atoms with Gasteiger partial charge in [0.2, 0.25) is 0 Å². The van der Waals surface area contributed by atoms with Crippen LogP contribution in [0.2, 0.25) is 6.82 Å². The van der Waals surface area contributed by atoms with Crippen molar-refractivity contribution in [2.45, 2.75) is 29.1 Å². The van der Waals surface area contributed by atoms with Crippen LogP contribution in [-0.2, 0) is 9.68 Å². The van der Waals surface area contributed by atoms with E-state index >= 15 is 0 Å². The minimum atomic E-state index is -0.181. The summed E-state index contributed by atoms with van der Waals surface area (Å²) in [6.07, 6.45) is 0. The van der Waals surface area contributed by atoms with E-state index in [-0.39, 0.29) is 103 Å². The standard InChI is InChI=1S/CH3B.CH2O3.3CH4.B.2Na.H2O.H/c1-2;2-1-4-3;;;;;;;;/h1H3;1,3H;3*1H4;;;;1H2;/q;;;;;;2*+1;;-1/p-1. The third-order valence-corrected chi connectivity index (χ3v) is 0.0393. The van der Waals surface area contributed by atoms with Crippen LogP contribution in [0.5, 0.6) is 0 Å². The zero-order valence-electron chi connectivity index (χ0n) is 7.46. The van der Waals surface area contributed by atoms with Crippen LogP contribution in [0.1, 0.15) is 23.7 Å². The van der Waals surface area contributed by atoms with Gasteiger partial charge in [0, 0.05) is 8.41 Å². The molecule has 0 aliphatic carbocycles. The zero-order chi connectivity index (χ0) is 5.41. The predicted molar refractivity (Wildman–Crippen MR) is 49.4 cm³/mol. The predicted octanol–water partition coefficient (Wildman–Crippen LogP) is -6.54. The van der Waals surface area contributed by atoms with E-state index in [2.05, 4.69) is 12.7 Å². The van der Waals surface area contributed by atoms with E-state index in [1.54, 1.807) is 0 Å². The third kappa shape index (κ3) is 283. The van der Waals surface area contributed by atoms with Gasteiger partial charge in [-0.3, -0.25) is 4.79 Å². The van der Waals surface area contributed by atoms with Crippen molar-refractivity contribution in [2.75, 3.05) is 0 Å². The topological polar surface area (TPSA) is 80.9 Å². The first-order valence-corrected chi connectivity index (χ1v) is 1.22. The summed E-state index contributed by atoms with van der Waals surface area (Å²) in [7, 11) is 4.50. The van der Waals surface area contributed by atoms with Gasteiger partial charge in [-0.2, -0.15) is 0 Å². The van der Waals surface area contributed by atoms with Crippen LogP contribution < -0.4 is 64.4 Å². The number of carbonyl (C=O) groups is 1. The molecule has 0 aromatic heterocycles. The van der Waals surface area contributed by atoms with Gasteiger partial charge < -0.3 is 17.0 Å². The van der Waals surface area contributed by atoms with Gasteiger partial charge in [0.15, 0.2) is 0 Å². The molecule has 0 saturated heterocycles. The first-order chi connectivity index (χ1) is 2.91. The van der Waals surface area contributed by atoms with E-state index < -0.39 is 0 Å². The molecule has 0 atom stereocenters. The first kappa shape index (κ1) is 87.1. The normalized spacial score (nSPS) is 2.00. The Morgan fingerprint density at radius 3 is 1.31 bits per heavy atom. The van der Waals surface area contributed by atoms with E-state index in [0.29, 0.717) is 0 Å². The Morgan fingerprint density at radius 2 is 1.31 bits per heavy atom. The summed E-state index contributed by atoms with van der Waals surface area (Å²) in [4.78, 5) is 11.2. The molecule has 0 spiro atoms. The van der Waals surface area contributed by atoms with Crippen molar-refractivity contribution in [2.24, 2.45) is 0 Å². The fraction of sp³-hybridized carbons (Fsp3) is 0.800. The van der Waals surface area contributed by atoms with Gasteiger partial charge in [-0.15, -0.1) is 0 Å². The van der Waals surface area contributed by atoms with Crippen LogP contribution in [0.25, 0.3) is 0 Å². The van der Waals surface area contributed by atoms with Gasteiger partial charge >= 0.3 is 59.1 Å². The van der Waals surface area contributed by atoms with Crippen LogP contribution in [0.15, 0.2) is 0 Å². The molecular weight excluding hydrogens is 192 g/mol. The number of hydrogen-bond donors (Lipinski definition) is 0. The smallest absolute Gasteiger partial charge is 1.00 e. The van der Waals surface area contributed by atoms with Gasteiger partial charge in [-0.05, 0) is 0 Å². The first-order valence-electron chi connectivity index (χ1n) is 1.22. The van der Waals surface area contributed by atoms with Crippen molar-refractivity contribution in [3.8, 4) is 0 Å². The Kier molecular flexibility index (Phi) is 1150. The molecule has 4 nitrogen and oxygen atoms in total. The molecule has 13 heavy (non-hydrogen) atoms. The molecule has 0 aliphatic rings. The van der Waals surface area contributed by atoms with E-state index in [1.807, 2.05) is 0 Å². The summed E-state index contributed by atoms with van der Waals surface area (Å²) in [5, 5.41) is 8.43. The molecule has 0 rings (SSSR count). The van der Waals surface area contributed by atoms with Crippen LogP contribution >= 0.6 is 0 Å². The fourth-order valence-electron chi connectivity index (χ4n) is 0. The van der Waals surface area contributed by atoms with E-state index in [9.17, 15) is 0 Å². The van der Waals surface area contributed by atoms with E-state index in [4.69, 9.17) is 10.1 Å². The minimum Gasteiger partial charge on any atom is -1.00 e. The van der Waals surface area contributed by atoms with Gasteiger partial charge in [-0.1, -0.05) is 29.1 Å². The summed E-state index contributed by atoms with van der Waals surface area (Å²) in [5.41, 5.74) is 0. The number of carbonyl (C=O) groups excluding carboxylic acids is 1. The summed E-state index contributed by atoms with van der Waals surface area (Å²) in [5.74, 6) is 0. The van der Waals surface area contributed by atoms with Crippen LogP contribution in [0.3, 0.4) is 0 Å². The monoisotopic (exact) mass is 211 g/mol. The summed E-state index contributed by atoms with van der Waals surface area (Å²) in [6, 6.07) is 0. The van der Waals surface area contributed by atoms with Crippen LogP contribution in [-0.4, -0.2) is 28.2 Å². The average molecular weight is 211 g/mol. The van der Waals surface area contributed by atoms with Crippen molar-refractivity contribution in [1.82, 2.24) is 0 Å². The second-order valence-electron chi connectivity index (χ2n) is 0.192. The van der Waals surface area contributed by atoms with Crippen molar-refractivity contribution < 1.29 is 81.0 Å². The van der Waals surface area contributed by atoms with E-state index in [1.165, 1.54) is 6.82 Å². The van der Waals surface area contributed by atoms with Crippen molar-refractivity contribution >= 4 is 22.7 Å². The molecule has 0 bridgehead atoms. The molecule has 0 aromatic rings. The van der Waals surface area contributed by atoms with Gasteiger partial charge in [0.05, 0.1) is 7.85 Å². The number of rotatable bonds is 1. The Hall–Kier alpha value is 1.52. The molecule has 0 saturated carbocycles. The Bertz CT molecular complexity index is 43.7. The third-order valence-electron chi connectivity index (χ3n) is 0.0393. The maximum atomic E-state index is 8.64. The van der Waals surface area contributed by atoms with Crippen molar-refractivity contribution in [1.29, 1.82) is 0 Å². The molecule has 0 heterocycles. The van der Waals surface area contributed by atoms with Gasteiger partial charge in [-0.25, -0.2) is 0 Å². The molecule has 0 aromatic carbocycles. The number of hydrogen-bond acceptors (Lipinski definition) is 3. The second-order valence-corrected chi connectivity index (χ2v) is 0.192. The quantitative estimate of drug-likeness (QED) is 0.187. The molecular formula is C5H19B2Na2O4. The molecule has 0 amide bonds. The average Bonchev–Trinajstić information content (AvgIpc) is 1.72. The maximum absolute atomic E-state index is 8.64.